The number of hydrogen-bond acceptors (Lipinski definition) is 4. The van der Waals surface area contributed by atoms with E-state index in [-0.39, 0.29) is 5.75 Å². The third-order valence-electron chi connectivity index (χ3n) is 2.96. The van der Waals surface area contributed by atoms with Gasteiger partial charge in [0.2, 0.25) is 0 Å². The van der Waals surface area contributed by atoms with E-state index in [2.05, 4.69) is 4.74 Å². The topological polar surface area (TPSA) is 83.8 Å². The molecule has 0 bridgehead atoms. The normalized spacial score (nSPS) is 10.8. The first-order valence-electron chi connectivity index (χ1n) is 6.60. The summed E-state index contributed by atoms with van der Waals surface area (Å²) in [5, 5.41) is 17.5. The molecule has 1 atom stereocenters. The van der Waals surface area contributed by atoms with Gasteiger partial charge in [-0.05, 0) is 36.8 Å². The second-order valence-corrected chi connectivity index (χ2v) is 4.51. The highest BCUT2D eigenvalue weighted by atomic mass is 16.5. The number of carboxylic acids is 1. The SMILES string of the molecule is CC(C(=O)O)c1ccccc1.COC(=O)c1ccc(O)cc1. The second kappa shape index (κ2) is 8.46. The Morgan fingerprint density at radius 1 is 1.00 bits per heavy atom. The Morgan fingerprint density at radius 3 is 2.00 bits per heavy atom. The molecule has 0 saturated carbocycles. The number of carbonyl (C=O) groups excluding carboxylic acids is 1. The van der Waals surface area contributed by atoms with E-state index in [0.29, 0.717) is 5.56 Å². The molecule has 0 amide bonds. The van der Waals surface area contributed by atoms with Gasteiger partial charge in [-0.2, -0.15) is 0 Å². The van der Waals surface area contributed by atoms with Gasteiger partial charge in [-0.3, -0.25) is 4.79 Å². The molecule has 0 saturated heterocycles. The first-order valence-corrected chi connectivity index (χ1v) is 6.60. The number of esters is 1. The molecule has 0 aliphatic carbocycles. The monoisotopic (exact) mass is 302 g/mol. The van der Waals surface area contributed by atoms with Crippen molar-refractivity contribution in [3.05, 3.63) is 65.7 Å². The van der Waals surface area contributed by atoms with Crippen molar-refractivity contribution >= 4 is 11.9 Å². The zero-order valence-electron chi connectivity index (χ0n) is 12.4. The Morgan fingerprint density at radius 2 is 1.55 bits per heavy atom. The number of benzene rings is 2. The lowest BCUT2D eigenvalue weighted by Crippen LogP contribution is -2.06. The molecule has 2 rings (SSSR count). The largest absolute Gasteiger partial charge is 0.508 e. The molecule has 22 heavy (non-hydrogen) atoms. The maximum atomic E-state index is 10.8. The van der Waals surface area contributed by atoms with Crippen LogP contribution in [0.2, 0.25) is 0 Å². The van der Waals surface area contributed by atoms with Crippen LogP contribution in [0.15, 0.2) is 54.6 Å². The summed E-state index contributed by atoms with van der Waals surface area (Å²) in [7, 11) is 1.31. The van der Waals surface area contributed by atoms with Crippen molar-refractivity contribution in [2.24, 2.45) is 0 Å². The van der Waals surface area contributed by atoms with Gasteiger partial charge in [0.05, 0.1) is 18.6 Å². The number of phenolic OH excluding ortho intramolecular Hbond substituents is 1. The van der Waals surface area contributed by atoms with Crippen molar-refractivity contribution in [3.8, 4) is 5.75 Å². The Kier molecular flexibility index (Phi) is 6.63. The van der Waals surface area contributed by atoms with Crippen LogP contribution in [0.4, 0.5) is 0 Å². The Labute approximate surface area is 128 Å². The van der Waals surface area contributed by atoms with Crippen LogP contribution in [0.5, 0.6) is 5.75 Å². The van der Waals surface area contributed by atoms with E-state index in [4.69, 9.17) is 10.2 Å². The molecule has 2 N–H and O–H groups in total. The van der Waals surface area contributed by atoms with Crippen LogP contribution in [0.1, 0.15) is 28.8 Å². The molecule has 0 aliphatic heterocycles. The summed E-state index contributed by atoms with van der Waals surface area (Å²) < 4.78 is 4.46. The summed E-state index contributed by atoms with van der Waals surface area (Å²) in [4.78, 5) is 21.3. The smallest absolute Gasteiger partial charge is 0.337 e. The van der Waals surface area contributed by atoms with Crippen LogP contribution in [0, 0.1) is 0 Å². The number of aliphatic carboxylic acids is 1. The van der Waals surface area contributed by atoms with Crippen molar-refractivity contribution in [1.29, 1.82) is 0 Å². The van der Waals surface area contributed by atoms with Crippen molar-refractivity contribution < 1.29 is 24.5 Å². The number of phenols is 1. The average molecular weight is 302 g/mol. The molecule has 0 fully saturated rings. The minimum absolute atomic E-state index is 0.137. The number of carbonyl (C=O) groups is 2. The van der Waals surface area contributed by atoms with Crippen LogP contribution in [0.25, 0.3) is 0 Å². The van der Waals surface area contributed by atoms with Crippen molar-refractivity contribution in [3.63, 3.8) is 0 Å². The summed E-state index contributed by atoms with van der Waals surface area (Å²) >= 11 is 0. The highest BCUT2D eigenvalue weighted by Gasteiger charge is 2.11. The molecule has 0 heterocycles. The Bertz CT molecular complexity index is 605. The minimum atomic E-state index is -0.781. The summed E-state index contributed by atoms with van der Waals surface area (Å²) in [6.07, 6.45) is 0. The minimum Gasteiger partial charge on any atom is -0.508 e. The predicted octanol–water partition coefficient (Wildman–Crippen LogP) is 3.05. The van der Waals surface area contributed by atoms with Gasteiger partial charge < -0.3 is 14.9 Å². The molecule has 0 radical (unpaired) electrons. The first-order chi connectivity index (χ1) is 10.5. The lowest BCUT2D eigenvalue weighted by atomic mass is 10.0. The molecule has 116 valence electrons. The van der Waals surface area contributed by atoms with E-state index in [0.717, 1.165) is 5.56 Å². The van der Waals surface area contributed by atoms with Gasteiger partial charge >= 0.3 is 11.9 Å². The highest BCUT2D eigenvalue weighted by molar-refractivity contribution is 5.89. The summed E-state index contributed by atoms with van der Waals surface area (Å²) in [5.74, 6) is -1.45. The molecular formula is C17H18O5. The average Bonchev–Trinajstić information content (AvgIpc) is 2.55. The van der Waals surface area contributed by atoms with E-state index < -0.39 is 17.9 Å². The van der Waals surface area contributed by atoms with Gasteiger partial charge in [-0.1, -0.05) is 30.3 Å². The van der Waals surface area contributed by atoms with E-state index >= 15 is 0 Å². The molecule has 0 spiro atoms. The molecule has 5 heteroatoms. The van der Waals surface area contributed by atoms with E-state index in [1.807, 2.05) is 30.3 Å². The third kappa shape index (κ3) is 5.28. The fraction of sp³-hybridized carbons (Fsp3) is 0.176. The molecule has 1 unspecified atom stereocenters. The summed E-state index contributed by atoms with van der Waals surface area (Å²) in [6.45, 7) is 1.68. The number of carboxylic acid groups (broad SMARTS) is 1. The first kappa shape index (κ1) is 17.2. The maximum Gasteiger partial charge on any atom is 0.337 e. The Hall–Kier alpha value is -2.82. The molecule has 2 aromatic carbocycles. The molecule has 5 nitrogen and oxygen atoms in total. The van der Waals surface area contributed by atoms with Gasteiger partial charge in [0.15, 0.2) is 0 Å². The zero-order chi connectivity index (χ0) is 16.5. The van der Waals surface area contributed by atoms with Gasteiger partial charge in [-0.25, -0.2) is 4.79 Å². The van der Waals surface area contributed by atoms with Crippen LogP contribution < -0.4 is 0 Å². The maximum absolute atomic E-state index is 10.8. The van der Waals surface area contributed by atoms with Crippen molar-refractivity contribution in [1.82, 2.24) is 0 Å². The third-order valence-corrected chi connectivity index (χ3v) is 2.96. The van der Waals surface area contributed by atoms with Crippen molar-refractivity contribution in [2.45, 2.75) is 12.8 Å². The number of rotatable bonds is 3. The fourth-order valence-electron chi connectivity index (χ4n) is 1.60. The number of ether oxygens (including phenoxy) is 1. The van der Waals surface area contributed by atoms with Gasteiger partial charge in [-0.15, -0.1) is 0 Å². The fourth-order valence-corrected chi connectivity index (χ4v) is 1.60. The van der Waals surface area contributed by atoms with Gasteiger partial charge in [0, 0.05) is 0 Å². The summed E-state index contributed by atoms with van der Waals surface area (Å²) in [5.41, 5.74) is 1.28. The molecule has 0 aliphatic rings. The number of methoxy groups -OCH3 is 1. The zero-order valence-corrected chi connectivity index (χ0v) is 12.4. The molecule has 0 aromatic heterocycles. The standard InChI is InChI=1S/C9H10O2.C8H8O3/c1-7(9(10)11)8-5-3-2-4-6-8;1-11-8(10)6-2-4-7(9)5-3-6/h2-7H,1H3,(H,10,11);2-5,9H,1H3. The van der Waals surface area contributed by atoms with E-state index in [1.165, 1.54) is 31.4 Å². The van der Waals surface area contributed by atoms with Gasteiger partial charge in [0.1, 0.15) is 5.75 Å². The number of aromatic hydroxyl groups is 1. The quantitative estimate of drug-likeness (QED) is 0.851. The van der Waals surface area contributed by atoms with Gasteiger partial charge in [0.25, 0.3) is 0 Å². The second-order valence-electron chi connectivity index (χ2n) is 4.51. The molecule has 2 aromatic rings. The molecular weight excluding hydrogens is 284 g/mol. The number of hydrogen-bond donors (Lipinski definition) is 2. The van der Waals surface area contributed by atoms with Crippen LogP contribution in [0.3, 0.4) is 0 Å². The predicted molar refractivity (Wildman–Crippen MR) is 81.9 cm³/mol. The van der Waals surface area contributed by atoms with Crippen LogP contribution in [-0.2, 0) is 9.53 Å². The van der Waals surface area contributed by atoms with Crippen LogP contribution >= 0.6 is 0 Å². The Balaban J connectivity index is 0.000000220. The lowest BCUT2D eigenvalue weighted by Gasteiger charge is -2.04. The highest BCUT2D eigenvalue weighted by Crippen LogP contribution is 2.13. The van der Waals surface area contributed by atoms with E-state index in [1.54, 1.807) is 6.92 Å². The lowest BCUT2D eigenvalue weighted by molar-refractivity contribution is -0.138. The van der Waals surface area contributed by atoms with E-state index in [9.17, 15) is 9.59 Å². The van der Waals surface area contributed by atoms with Crippen molar-refractivity contribution in [2.75, 3.05) is 7.11 Å². The van der Waals surface area contributed by atoms with Crippen LogP contribution in [-0.4, -0.2) is 29.3 Å². The summed E-state index contributed by atoms with van der Waals surface area (Å²) in [6, 6.07) is 15.1.